The maximum atomic E-state index is 4.94. The summed E-state index contributed by atoms with van der Waals surface area (Å²) in [7, 11) is 2.10. The van der Waals surface area contributed by atoms with E-state index in [-0.39, 0.29) is 0 Å². The van der Waals surface area contributed by atoms with Gasteiger partial charge < -0.3 is 0 Å². The molecule has 0 aliphatic heterocycles. The van der Waals surface area contributed by atoms with Crippen molar-refractivity contribution in [3.8, 4) is 12.3 Å². The minimum Gasteiger partial charge on any atom is -0.299 e. The number of terminal acetylenes is 1. The number of benzene rings is 12. The Morgan fingerprint density at radius 3 is 0.366 bits per heavy atom. The molecule has 12 rings (SSSR count). The third-order valence-electron chi connectivity index (χ3n) is 12.6. The third-order valence-corrected chi connectivity index (χ3v) is 22.4. The zero-order valence-electron chi connectivity index (χ0n) is 46.7. The highest BCUT2D eigenvalue weighted by Crippen LogP contribution is 2.35. The van der Waals surface area contributed by atoms with Crippen molar-refractivity contribution in [1.29, 1.82) is 0 Å². The van der Waals surface area contributed by atoms with E-state index in [9.17, 15) is 0 Å². The summed E-state index contributed by atoms with van der Waals surface area (Å²) in [5.41, 5.74) is 0. The van der Waals surface area contributed by atoms with Crippen LogP contribution in [0.4, 0.5) is 0 Å². The lowest BCUT2D eigenvalue weighted by molar-refractivity contribution is 0.464. The second-order valence-electron chi connectivity index (χ2n) is 18.8. The van der Waals surface area contributed by atoms with E-state index in [1.165, 1.54) is 63.7 Å². The molecular weight excluding hydrogens is 1060 g/mol. The van der Waals surface area contributed by atoms with Crippen LogP contribution in [0.25, 0.3) is 0 Å². The summed E-state index contributed by atoms with van der Waals surface area (Å²) in [6.07, 6.45) is 4.94. The standard InChI is InChI=1S/4C18H15P.C5H9N/c4*1-4-10-16(11-5-1)19(17-12-6-2-7-13-17)18-14-8-3-9-15-18;1-4-5-6(2)3/h4*1-15H;1H,5H2,2-3H3. The Kier molecular flexibility index (Phi) is 25.0. The zero-order valence-corrected chi connectivity index (χ0v) is 50.2. The van der Waals surface area contributed by atoms with Crippen LogP contribution in [0.5, 0.6) is 0 Å². The molecule has 1 nitrogen and oxygen atoms in total. The molecule has 82 heavy (non-hydrogen) atoms. The first kappa shape index (κ1) is 60.0. The molecule has 0 unspecified atom stereocenters. The van der Waals surface area contributed by atoms with E-state index in [2.05, 4.69) is 370 Å². The number of rotatable bonds is 13. The summed E-state index contributed by atoms with van der Waals surface area (Å²) in [6, 6.07) is 129. The maximum absolute atomic E-state index is 4.94. The normalized spacial score (nSPS) is 10.4. The van der Waals surface area contributed by atoms with Gasteiger partial charge in [0.05, 0.1) is 6.54 Å². The number of hydrogen-bond acceptors (Lipinski definition) is 1. The Hall–Kier alpha value is -8.12. The molecule has 0 amide bonds. The van der Waals surface area contributed by atoms with Gasteiger partial charge in [-0.2, -0.15) is 0 Å². The smallest absolute Gasteiger partial charge is 0.0593 e. The second kappa shape index (κ2) is 34.2. The van der Waals surface area contributed by atoms with Crippen molar-refractivity contribution in [3.05, 3.63) is 364 Å². The maximum Gasteiger partial charge on any atom is 0.0593 e. The molecule has 0 saturated heterocycles. The van der Waals surface area contributed by atoms with Crippen LogP contribution in [0.1, 0.15) is 0 Å². The average molecular weight is 1130 g/mol. The molecule has 402 valence electrons. The van der Waals surface area contributed by atoms with E-state index in [0.717, 1.165) is 6.54 Å². The first-order valence-corrected chi connectivity index (χ1v) is 32.8. The summed E-state index contributed by atoms with van der Waals surface area (Å²) in [5.74, 6) is 2.49. The average Bonchev–Trinajstić information content (AvgIpc) is 3.61. The molecule has 0 fully saturated rings. The SMILES string of the molecule is C#CCN(C)C.c1ccc(P(c2ccccc2)c2ccccc2)cc1.c1ccc(P(c2ccccc2)c2ccccc2)cc1.c1ccc(P(c2ccccc2)c2ccccc2)cc1.c1ccc(P(c2ccccc2)c2ccccc2)cc1. The molecule has 0 heterocycles. The van der Waals surface area contributed by atoms with E-state index >= 15 is 0 Å². The summed E-state index contributed by atoms with van der Waals surface area (Å²) in [4.78, 5) is 1.94. The van der Waals surface area contributed by atoms with Gasteiger partial charge in [0.2, 0.25) is 0 Å². The van der Waals surface area contributed by atoms with Gasteiger partial charge >= 0.3 is 0 Å². The van der Waals surface area contributed by atoms with Crippen molar-refractivity contribution in [2.24, 2.45) is 0 Å². The fourth-order valence-corrected chi connectivity index (χ4v) is 18.1. The lowest BCUT2D eigenvalue weighted by atomic mass is 10.4. The van der Waals surface area contributed by atoms with Crippen molar-refractivity contribution < 1.29 is 0 Å². The fraction of sp³-hybridized carbons (Fsp3) is 0.0390. The molecule has 0 aliphatic carbocycles. The Morgan fingerprint density at radius 2 is 0.305 bits per heavy atom. The van der Waals surface area contributed by atoms with Crippen LogP contribution in [-0.4, -0.2) is 25.5 Å². The van der Waals surface area contributed by atoms with E-state index in [1.807, 2.05) is 19.0 Å². The molecule has 0 radical (unpaired) electrons. The van der Waals surface area contributed by atoms with Crippen LogP contribution < -0.4 is 63.7 Å². The highest BCUT2D eigenvalue weighted by atomic mass is 31.1. The van der Waals surface area contributed by atoms with Gasteiger partial charge in [0.1, 0.15) is 0 Å². The van der Waals surface area contributed by atoms with Crippen LogP contribution in [0.3, 0.4) is 0 Å². The van der Waals surface area contributed by atoms with Crippen LogP contribution >= 0.6 is 31.7 Å². The minimum absolute atomic E-state index is 0.446. The zero-order chi connectivity index (χ0) is 56.7. The lowest BCUT2D eigenvalue weighted by Gasteiger charge is -2.18. The largest absolute Gasteiger partial charge is 0.299 e. The van der Waals surface area contributed by atoms with E-state index < -0.39 is 31.7 Å². The van der Waals surface area contributed by atoms with Gasteiger partial charge in [-0.3, -0.25) is 4.90 Å². The molecule has 0 bridgehead atoms. The molecule has 0 aromatic heterocycles. The molecule has 0 aliphatic rings. The molecular formula is C77H69NP4. The first-order chi connectivity index (χ1) is 40.6. The molecule has 0 saturated carbocycles. The predicted molar refractivity (Wildman–Crippen MR) is 368 cm³/mol. The van der Waals surface area contributed by atoms with Gasteiger partial charge in [-0.1, -0.05) is 370 Å². The van der Waals surface area contributed by atoms with Gasteiger partial charge in [-0.05, 0) is 109 Å². The highest BCUT2D eigenvalue weighted by Gasteiger charge is 2.18. The van der Waals surface area contributed by atoms with Gasteiger partial charge in [0.25, 0.3) is 0 Å². The minimum atomic E-state index is -0.446. The molecule has 5 heteroatoms. The Labute approximate surface area is 494 Å². The topological polar surface area (TPSA) is 3.24 Å². The molecule has 0 N–H and O–H groups in total. The molecule has 0 spiro atoms. The van der Waals surface area contributed by atoms with Crippen LogP contribution in [-0.2, 0) is 0 Å². The van der Waals surface area contributed by atoms with E-state index in [4.69, 9.17) is 6.42 Å². The number of hydrogen-bond donors (Lipinski definition) is 0. The van der Waals surface area contributed by atoms with Gasteiger partial charge in [0, 0.05) is 0 Å². The van der Waals surface area contributed by atoms with Crippen molar-refractivity contribution in [2.45, 2.75) is 0 Å². The highest BCUT2D eigenvalue weighted by molar-refractivity contribution is 7.81. The van der Waals surface area contributed by atoms with Crippen LogP contribution in [0, 0.1) is 12.3 Å². The monoisotopic (exact) mass is 1130 g/mol. The van der Waals surface area contributed by atoms with Crippen LogP contribution in [0.15, 0.2) is 364 Å². The van der Waals surface area contributed by atoms with Gasteiger partial charge in [-0.25, -0.2) is 0 Å². The summed E-state index contributed by atoms with van der Waals surface area (Å²) in [6.45, 7) is 0.736. The molecule has 12 aromatic carbocycles. The van der Waals surface area contributed by atoms with Crippen molar-refractivity contribution in [3.63, 3.8) is 0 Å². The summed E-state index contributed by atoms with van der Waals surface area (Å²) >= 11 is 0. The van der Waals surface area contributed by atoms with Crippen molar-refractivity contribution >= 4 is 95.3 Å². The quantitative estimate of drug-likeness (QED) is 0.0821. The van der Waals surface area contributed by atoms with Crippen molar-refractivity contribution in [1.82, 2.24) is 4.90 Å². The van der Waals surface area contributed by atoms with E-state index in [0.29, 0.717) is 0 Å². The fourth-order valence-electron chi connectivity index (χ4n) is 8.90. The second-order valence-corrected chi connectivity index (χ2v) is 27.7. The molecule has 0 atom stereocenters. The summed E-state index contributed by atoms with van der Waals surface area (Å²) in [5, 5.41) is 16.8. The lowest BCUT2D eigenvalue weighted by Crippen LogP contribution is -2.20. The summed E-state index contributed by atoms with van der Waals surface area (Å²) < 4.78 is 0. The Bertz CT molecular complexity index is 2750. The third kappa shape index (κ3) is 18.7. The van der Waals surface area contributed by atoms with Gasteiger partial charge in [-0.15, -0.1) is 6.42 Å². The predicted octanol–water partition coefficient (Wildman–Crippen LogP) is 14.0. The number of nitrogens with zero attached hydrogens (tertiary/aromatic N) is 1. The Morgan fingerprint density at radius 1 is 0.207 bits per heavy atom. The van der Waals surface area contributed by atoms with Gasteiger partial charge in [0.15, 0.2) is 0 Å². The van der Waals surface area contributed by atoms with Crippen LogP contribution in [0.2, 0.25) is 0 Å². The van der Waals surface area contributed by atoms with Crippen molar-refractivity contribution in [2.75, 3.05) is 20.6 Å². The Balaban J connectivity index is 0.000000138. The van der Waals surface area contributed by atoms with E-state index in [1.54, 1.807) is 0 Å². The molecule has 12 aromatic rings. The first-order valence-electron chi connectivity index (χ1n) is 27.5.